The summed E-state index contributed by atoms with van der Waals surface area (Å²) in [7, 11) is 0. The molecule has 0 rings (SSSR count). The van der Waals surface area contributed by atoms with E-state index in [1.807, 2.05) is 29.5 Å². The van der Waals surface area contributed by atoms with Crippen LogP contribution in [0.5, 0.6) is 0 Å². The van der Waals surface area contributed by atoms with E-state index in [0.717, 1.165) is 0 Å². The molecule has 0 aliphatic rings. The first-order valence-corrected chi connectivity index (χ1v) is 4.93. The molecule has 48 valence electrons. The number of alkyl halides is 2. The molecule has 0 saturated heterocycles. The Morgan fingerprint density at radius 1 is 1.88 bits per heavy atom. The Bertz CT molecular complexity index is 84.1. The number of halogens is 2. The zero-order valence-corrected chi connectivity index (χ0v) is 8.76. The molecular weight excluding hydrogens is 332 g/mol. The van der Waals surface area contributed by atoms with Gasteiger partial charge in [-0.05, 0) is 6.92 Å². The van der Waals surface area contributed by atoms with Crippen LogP contribution < -0.4 is 5.32 Å². The fourth-order valence-electron chi connectivity index (χ4n) is 0.260. The van der Waals surface area contributed by atoms with E-state index in [4.69, 9.17) is 0 Å². The fourth-order valence-corrected chi connectivity index (χ4v) is 0.828. The summed E-state index contributed by atoms with van der Waals surface area (Å²) in [6, 6.07) is 0. The highest BCUT2D eigenvalue weighted by atomic mass is 127. The highest BCUT2D eigenvalue weighted by molar-refractivity contribution is 14.1. The molecule has 2 nitrogen and oxygen atoms in total. The Morgan fingerprint density at radius 2 is 2.38 bits per heavy atom. The molecule has 0 fully saturated rings. The number of nitrogens with one attached hydrogen (secondary N) is 1. The van der Waals surface area contributed by atoms with Crippen molar-refractivity contribution in [3.05, 3.63) is 0 Å². The van der Waals surface area contributed by atoms with Crippen LogP contribution >= 0.6 is 45.2 Å². The number of carbonyl (C=O) groups is 1. The van der Waals surface area contributed by atoms with Crippen molar-refractivity contribution in [2.24, 2.45) is 0 Å². The van der Waals surface area contributed by atoms with Crippen LogP contribution in [0.25, 0.3) is 0 Å². The molecule has 0 aromatic carbocycles. The molecule has 1 unspecified atom stereocenters. The third kappa shape index (κ3) is 5.07. The molecule has 4 heteroatoms. The zero-order valence-electron chi connectivity index (χ0n) is 4.45. The average molecular weight is 339 g/mol. The van der Waals surface area contributed by atoms with Crippen molar-refractivity contribution in [1.29, 1.82) is 0 Å². The van der Waals surface area contributed by atoms with Gasteiger partial charge >= 0.3 is 0 Å². The monoisotopic (exact) mass is 339 g/mol. The number of hydrogen-bond acceptors (Lipinski definition) is 1. The van der Waals surface area contributed by atoms with Crippen LogP contribution in [-0.4, -0.2) is 14.4 Å². The Labute approximate surface area is 76.1 Å². The van der Waals surface area contributed by atoms with Gasteiger partial charge in [0.2, 0.25) is 5.91 Å². The summed E-state index contributed by atoms with van der Waals surface area (Å²) in [5.41, 5.74) is 0. The summed E-state index contributed by atoms with van der Waals surface area (Å²) in [5.74, 6) is 0.104. The first-order chi connectivity index (χ1) is 3.66. The molecule has 0 spiro atoms. The van der Waals surface area contributed by atoms with Gasteiger partial charge in [0.1, 0.15) is 0 Å². The maximum atomic E-state index is 10.5. The quantitative estimate of drug-likeness (QED) is 0.459. The Kier molecular flexibility index (Phi) is 5.33. The van der Waals surface area contributed by atoms with Gasteiger partial charge in [0.15, 0.2) is 0 Å². The molecular formula is C4H7I2NO. The van der Waals surface area contributed by atoms with Gasteiger partial charge in [-0.2, -0.15) is 0 Å². The molecule has 0 aromatic heterocycles. The Hall–Kier alpha value is 0.930. The van der Waals surface area contributed by atoms with E-state index in [2.05, 4.69) is 27.9 Å². The molecule has 8 heavy (non-hydrogen) atoms. The third-order valence-corrected chi connectivity index (χ3v) is 1.49. The normalized spacial score (nSPS) is 12.9. The van der Waals surface area contributed by atoms with E-state index >= 15 is 0 Å². The van der Waals surface area contributed by atoms with Crippen LogP contribution in [0.1, 0.15) is 6.92 Å². The summed E-state index contributed by atoms with van der Waals surface area (Å²) in [6.45, 7) is 1.94. The van der Waals surface area contributed by atoms with Crippen molar-refractivity contribution in [1.82, 2.24) is 5.32 Å². The molecule has 0 aliphatic heterocycles. The first-order valence-electron chi connectivity index (χ1n) is 2.16. The molecule has 1 atom stereocenters. The lowest BCUT2D eigenvalue weighted by atomic mass is 10.6. The summed E-state index contributed by atoms with van der Waals surface area (Å²) in [5, 5.41) is 2.73. The van der Waals surface area contributed by atoms with E-state index in [1.54, 1.807) is 0 Å². The van der Waals surface area contributed by atoms with Crippen LogP contribution in [0.3, 0.4) is 0 Å². The maximum absolute atomic E-state index is 10.5. The van der Waals surface area contributed by atoms with Gasteiger partial charge in [-0.1, -0.05) is 45.2 Å². The van der Waals surface area contributed by atoms with Crippen LogP contribution in [0.4, 0.5) is 0 Å². The third-order valence-electron chi connectivity index (χ3n) is 0.481. The van der Waals surface area contributed by atoms with Gasteiger partial charge in [-0.3, -0.25) is 4.79 Å². The number of amides is 1. The molecule has 0 radical (unpaired) electrons. The minimum Gasteiger partial charge on any atom is -0.344 e. The molecule has 1 amide bonds. The van der Waals surface area contributed by atoms with Gasteiger partial charge in [0.05, 0.1) is 8.48 Å². The molecule has 0 bridgehead atoms. The minimum absolute atomic E-state index is 0.104. The van der Waals surface area contributed by atoms with Crippen LogP contribution in [-0.2, 0) is 4.79 Å². The lowest BCUT2D eigenvalue weighted by Gasteiger charge is -2.02. The molecule has 0 aromatic rings. The van der Waals surface area contributed by atoms with Crippen molar-refractivity contribution >= 4 is 51.1 Å². The number of carbonyl (C=O) groups excluding carboxylic acids is 1. The Morgan fingerprint density at radius 3 is 2.50 bits per heavy atom. The number of rotatable bonds is 2. The topological polar surface area (TPSA) is 29.1 Å². The van der Waals surface area contributed by atoms with Crippen molar-refractivity contribution in [3.63, 3.8) is 0 Å². The van der Waals surface area contributed by atoms with Gasteiger partial charge in [-0.15, -0.1) is 0 Å². The predicted octanol–water partition coefficient (Wildman–Crippen LogP) is 1.32. The molecule has 0 heterocycles. The lowest BCUT2D eigenvalue weighted by Crippen LogP contribution is -2.28. The van der Waals surface area contributed by atoms with E-state index in [0.29, 0.717) is 4.43 Å². The second-order valence-corrected chi connectivity index (χ2v) is 3.95. The smallest absolute Gasteiger partial charge is 0.230 e. The fraction of sp³-hybridized carbons (Fsp3) is 0.750. The van der Waals surface area contributed by atoms with Gasteiger partial charge in [-0.25, -0.2) is 0 Å². The van der Waals surface area contributed by atoms with Crippen LogP contribution in [0, 0.1) is 0 Å². The second kappa shape index (κ2) is 4.78. The average Bonchev–Trinajstić information content (AvgIpc) is 1.65. The van der Waals surface area contributed by atoms with Crippen LogP contribution in [0.2, 0.25) is 0 Å². The van der Waals surface area contributed by atoms with Gasteiger partial charge in [0.25, 0.3) is 0 Å². The maximum Gasteiger partial charge on any atom is 0.230 e. The standard InChI is InChI=1S/C4H7I2NO/c1-3(6)7-4(8)2-5/h3H,2H2,1H3,(H,7,8). The summed E-state index contributed by atoms with van der Waals surface area (Å²) in [6.07, 6.45) is 0. The summed E-state index contributed by atoms with van der Waals surface area (Å²) < 4.78 is 0.792. The highest BCUT2D eigenvalue weighted by Crippen LogP contribution is 1.92. The molecule has 0 aliphatic carbocycles. The number of hydrogen-bond donors (Lipinski definition) is 1. The first kappa shape index (κ1) is 8.93. The van der Waals surface area contributed by atoms with E-state index in [1.165, 1.54) is 0 Å². The van der Waals surface area contributed by atoms with Crippen molar-refractivity contribution in [2.75, 3.05) is 4.43 Å². The van der Waals surface area contributed by atoms with E-state index in [-0.39, 0.29) is 9.96 Å². The van der Waals surface area contributed by atoms with Crippen LogP contribution in [0.15, 0.2) is 0 Å². The lowest BCUT2D eigenvalue weighted by molar-refractivity contribution is -0.118. The minimum atomic E-state index is 0.104. The summed E-state index contributed by atoms with van der Waals surface area (Å²) >= 11 is 4.18. The van der Waals surface area contributed by atoms with Crippen molar-refractivity contribution < 1.29 is 4.79 Å². The van der Waals surface area contributed by atoms with Gasteiger partial charge < -0.3 is 5.32 Å². The molecule has 1 N–H and O–H groups in total. The van der Waals surface area contributed by atoms with Gasteiger partial charge in [0, 0.05) is 0 Å². The SMILES string of the molecule is CC(I)NC(=O)CI. The van der Waals surface area contributed by atoms with E-state index in [9.17, 15) is 4.79 Å². The largest absolute Gasteiger partial charge is 0.344 e. The zero-order chi connectivity index (χ0) is 6.57. The highest BCUT2D eigenvalue weighted by Gasteiger charge is 1.98. The summed E-state index contributed by atoms with van der Waals surface area (Å²) in [4.78, 5) is 10.5. The molecule has 0 saturated carbocycles. The predicted molar refractivity (Wildman–Crippen MR) is 50.5 cm³/mol. The van der Waals surface area contributed by atoms with Crippen molar-refractivity contribution in [2.45, 2.75) is 11.0 Å². The van der Waals surface area contributed by atoms with Crippen molar-refractivity contribution in [3.8, 4) is 0 Å². The van der Waals surface area contributed by atoms with E-state index < -0.39 is 0 Å². The second-order valence-electron chi connectivity index (χ2n) is 1.32. The Balaban J connectivity index is 3.25.